The first-order valence-corrected chi connectivity index (χ1v) is 9.18. The number of amides is 2. The van der Waals surface area contributed by atoms with Gasteiger partial charge in [-0.2, -0.15) is 0 Å². The minimum Gasteiger partial charge on any atom is -0.346 e. The SMILES string of the molecule is CC(=O)Nc1cccc(C(C)NC(=O)c2ccc(SC(C)C)cc2)c1. The Kier molecular flexibility index (Phi) is 6.65. The van der Waals surface area contributed by atoms with Crippen LogP contribution in [0.1, 0.15) is 49.7 Å². The summed E-state index contributed by atoms with van der Waals surface area (Å²) in [6.07, 6.45) is 0. The van der Waals surface area contributed by atoms with Crippen LogP contribution in [0.25, 0.3) is 0 Å². The molecule has 0 spiro atoms. The second kappa shape index (κ2) is 8.72. The molecule has 0 saturated carbocycles. The predicted molar refractivity (Wildman–Crippen MR) is 104 cm³/mol. The highest BCUT2D eigenvalue weighted by Gasteiger charge is 2.12. The van der Waals surface area contributed by atoms with Crippen LogP contribution in [0.3, 0.4) is 0 Å². The molecule has 132 valence electrons. The van der Waals surface area contributed by atoms with Crippen LogP contribution in [0.4, 0.5) is 5.69 Å². The molecule has 0 aliphatic rings. The first kappa shape index (κ1) is 19.1. The molecule has 0 bridgehead atoms. The number of nitrogens with one attached hydrogen (secondary N) is 2. The van der Waals surface area contributed by atoms with E-state index in [1.54, 1.807) is 11.8 Å². The van der Waals surface area contributed by atoms with Gasteiger partial charge in [-0.1, -0.05) is 26.0 Å². The molecule has 0 heterocycles. The Morgan fingerprint density at radius 1 is 1.00 bits per heavy atom. The van der Waals surface area contributed by atoms with Crippen molar-refractivity contribution in [3.05, 3.63) is 59.7 Å². The van der Waals surface area contributed by atoms with E-state index in [2.05, 4.69) is 24.5 Å². The number of benzene rings is 2. The lowest BCUT2D eigenvalue weighted by Crippen LogP contribution is -2.26. The van der Waals surface area contributed by atoms with E-state index in [0.29, 0.717) is 10.8 Å². The Balaban J connectivity index is 2.03. The smallest absolute Gasteiger partial charge is 0.251 e. The first-order valence-electron chi connectivity index (χ1n) is 8.30. The van der Waals surface area contributed by atoms with Crippen molar-refractivity contribution in [2.24, 2.45) is 0 Å². The maximum atomic E-state index is 12.4. The molecule has 0 saturated heterocycles. The molecule has 1 atom stereocenters. The number of rotatable bonds is 6. The summed E-state index contributed by atoms with van der Waals surface area (Å²) >= 11 is 1.77. The van der Waals surface area contributed by atoms with Gasteiger partial charge in [-0.15, -0.1) is 11.8 Å². The van der Waals surface area contributed by atoms with E-state index >= 15 is 0 Å². The highest BCUT2D eigenvalue weighted by Crippen LogP contribution is 2.23. The van der Waals surface area contributed by atoms with Gasteiger partial charge in [0.2, 0.25) is 5.91 Å². The van der Waals surface area contributed by atoms with E-state index in [4.69, 9.17) is 0 Å². The summed E-state index contributed by atoms with van der Waals surface area (Å²) in [4.78, 5) is 24.8. The summed E-state index contributed by atoms with van der Waals surface area (Å²) in [6, 6.07) is 15.0. The van der Waals surface area contributed by atoms with Crippen molar-refractivity contribution < 1.29 is 9.59 Å². The fraction of sp³-hybridized carbons (Fsp3) is 0.300. The lowest BCUT2D eigenvalue weighted by molar-refractivity contribution is -0.114. The van der Waals surface area contributed by atoms with Gasteiger partial charge in [-0.3, -0.25) is 9.59 Å². The average molecular weight is 356 g/mol. The molecule has 2 amide bonds. The maximum Gasteiger partial charge on any atom is 0.251 e. The van der Waals surface area contributed by atoms with Gasteiger partial charge in [0.15, 0.2) is 0 Å². The van der Waals surface area contributed by atoms with E-state index < -0.39 is 0 Å². The van der Waals surface area contributed by atoms with E-state index in [1.165, 1.54) is 6.92 Å². The van der Waals surface area contributed by atoms with Crippen LogP contribution < -0.4 is 10.6 Å². The minimum absolute atomic E-state index is 0.112. The molecule has 2 rings (SSSR count). The third-order valence-corrected chi connectivity index (χ3v) is 4.56. The van der Waals surface area contributed by atoms with Crippen molar-refractivity contribution in [2.75, 3.05) is 5.32 Å². The molecule has 1 unspecified atom stereocenters. The zero-order chi connectivity index (χ0) is 18.4. The van der Waals surface area contributed by atoms with E-state index in [1.807, 2.05) is 55.5 Å². The fourth-order valence-corrected chi connectivity index (χ4v) is 3.25. The summed E-state index contributed by atoms with van der Waals surface area (Å²) in [6.45, 7) is 7.68. The average Bonchev–Trinajstić information content (AvgIpc) is 2.54. The van der Waals surface area contributed by atoms with Crippen molar-refractivity contribution in [2.45, 2.75) is 43.9 Å². The molecule has 0 radical (unpaired) electrons. The third-order valence-electron chi connectivity index (χ3n) is 3.54. The lowest BCUT2D eigenvalue weighted by atomic mass is 10.1. The first-order chi connectivity index (χ1) is 11.8. The molecule has 0 fully saturated rings. The Labute approximate surface area is 153 Å². The zero-order valence-corrected chi connectivity index (χ0v) is 15.8. The zero-order valence-electron chi connectivity index (χ0n) is 15.0. The Bertz CT molecular complexity index is 742. The molecule has 0 aliphatic carbocycles. The topological polar surface area (TPSA) is 58.2 Å². The van der Waals surface area contributed by atoms with Crippen LogP contribution in [-0.4, -0.2) is 17.1 Å². The normalized spacial score (nSPS) is 11.9. The molecule has 5 heteroatoms. The highest BCUT2D eigenvalue weighted by molar-refractivity contribution is 7.99. The van der Waals surface area contributed by atoms with Crippen LogP contribution in [0.5, 0.6) is 0 Å². The second-order valence-electron chi connectivity index (χ2n) is 6.19. The quantitative estimate of drug-likeness (QED) is 0.742. The van der Waals surface area contributed by atoms with Gasteiger partial charge in [-0.05, 0) is 48.9 Å². The van der Waals surface area contributed by atoms with Crippen LogP contribution in [-0.2, 0) is 4.79 Å². The molecule has 4 nitrogen and oxygen atoms in total. The highest BCUT2D eigenvalue weighted by atomic mass is 32.2. The summed E-state index contributed by atoms with van der Waals surface area (Å²) in [5.74, 6) is -0.230. The molecular weight excluding hydrogens is 332 g/mol. The van der Waals surface area contributed by atoms with Crippen molar-refractivity contribution >= 4 is 29.3 Å². The van der Waals surface area contributed by atoms with Gasteiger partial charge in [0.25, 0.3) is 5.91 Å². The van der Waals surface area contributed by atoms with Crippen LogP contribution >= 0.6 is 11.8 Å². The molecule has 2 aromatic carbocycles. The lowest BCUT2D eigenvalue weighted by Gasteiger charge is -2.16. The number of thioether (sulfide) groups is 1. The number of carbonyl (C=O) groups excluding carboxylic acids is 2. The van der Waals surface area contributed by atoms with Crippen LogP contribution in [0.2, 0.25) is 0 Å². The van der Waals surface area contributed by atoms with Crippen molar-refractivity contribution in [1.82, 2.24) is 5.32 Å². The monoisotopic (exact) mass is 356 g/mol. The predicted octanol–water partition coefficient (Wildman–Crippen LogP) is 4.64. The molecule has 0 aliphatic heterocycles. The van der Waals surface area contributed by atoms with Gasteiger partial charge in [-0.25, -0.2) is 0 Å². The Morgan fingerprint density at radius 3 is 2.28 bits per heavy atom. The molecule has 2 aromatic rings. The van der Waals surface area contributed by atoms with Gasteiger partial charge >= 0.3 is 0 Å². The molecular formula is C20H24N2O2S. The van der Waals surface area contributed by atoms with E-state index in [0.717, 1.165) is 16.1 Å². The van der Waals surface area contributed by atoms with Gasteiger partial charge < -0.3 is 10.6 Å². The summed E-state index contributed by atoms with van der Waals surface area (Å²) in [5.41, 5.74) is 2.30. The summed E-state index contributed by atoms with van der Waals surface area (Å²) in [7, 11) is 0. The second-order valence-corrected chi connectivity index (χ2v) is 7.84. The van der Waals surface area contributed by atoms with E-state index in [9.17, 15) is 9.59 Å². The number of carbonyl (C=O) groups is 2. The largest absolute Gasteiger partial charge is 0.346 e. The molecule has 2 N–H and O–H groups in total. The Morgan fingerprint density at radius 2 is 1.68 bits per heavy atom. The maximum absolute atomic E-state index is 12.4. The number of hydrogen-bond acceptors (Lipinski definition) is 3. The van der Waals surface area contributed by atoms with Crippen molar-refractivity contribution in [3.8, 4) is 0 Å². The minimum atomic E-state index is -0.161. The van der Waals surface area contributed by atoms with Gasteiger partial charge in [0.1, 0.15) is 0 Å². The Hall–Kier alpha value is -2.27. The molecule has 0 aromatic heterocycles. The van der Waals surface area contributed by atoms with Crippen molar-refractivity contribution in [3.63, 3.8) is 0 Å². The van der Waals surface area contributed by atoms with Gasteiger partial charge in [0, 0.05) is 28.3 Å². The van der Waals surface area contributed by atoms with Gasteiger partial charge in [0.05, 0.1) is 6.04 Å². The number of hydrogen-bond donors (Lipinski definition) is 2. The fourth-order valence-electron chi connectivity index (χ4n) is 2.41. The summed E-state index contributed by atoms with van der Waals surface area (Å²) < 4.78 is 0. The summed E-state index contributed by atoms with van der Waals surface area (Å²) in [5, 5.41) is 6.26. The van der Waals surface area contributed by atoms with E-state index in [-0.39, 0.29) is 17.9 Å². The number of anilines is 1. The molecule has 25 heavy (non-hydrogen) atoms. The third kappa shape index (κ3) is 5.94. The van der Waals surface area contributed by atoms with Crippen molar-refractivity contribution in [1.29, 1.82) is 0 Å². The van der Waals surface area contributed by atoms with Crippen LogP contribution in [0.15, 0.2) is 53.4 Å². The standard InChI is InChI=1S/C20H24N2O2S/c1-13(2)25-19-10-8-16(9-11-19)20(24)21-14(3)17-6-5-7-18(12-17)22-15(4)23/h5-14H,1-4H3,(H,21,24)(H,22,23). The van der Waals surface area contributed by atoms with Crippen LogP contribution in [0, 0.1) is 0 Å².